The molecule has 13 heteroatoms. The van der Waals surface area contributed by atoms with Gasteiger partial charge in [0.1, 0.15) is 23.8 Å². The highest BCUT2D eigenvalue weighted by Gasteiger charge is 2.38. The predicted octanol–water partition coefficient (Wildman–Crippen LogP) is 2.91. The van der Waals surface area contributed by atoms with Crippen molar-refractivity contribution in [1.29, 1.82) is 0 Å². The van der Waals surface area contributed by atoms with Crippen LogP contribution < -0.4 is 10.5 Å². The van der Waals surface area contributed by atoms with Gasteiger partial charge in [-0.15, -0.1) is 15.3 Å². The molecule has 1 fully saturated rings. The maximum atomic E-state index is 13.1. The van der Waals surface area contributed by atoms with E-state index in [0.717, 1.165) is 0 Å². The van der Waals surface area contributed by atoms with Crippen LogP contribution in [0.25, 0.3) is 16.6 Å². The Balaban J connectivity index is 1.24. The van der Waals surface area contributed by atoms with Crippen LogP contribution in [0.3, 0.4) is 0 Å². The Morgan fingerprint density at radius 2 is 1.91 bits per heavy atom. The van der Waals surface area contributed by atoms with Crippen LogP contribution in [0.15, 0.2) is 45.6 Å². The number of halogens is 3. The average Bonchev–Trinajstić information content (AvgIpc) is 3.26. The average molecular weight is 489 g/mol. The van der Waals surface area contributed by atoms with Gasteiger partial charge < -0.3 is 19.2 Å². The van der Waals surface area contributed by atoms with Gasteiger partial charge in [0.15, 0.2) is 5.65 Å². The number of ether oxygens (including phenoxy) is 1. The summed E-state index contributed by atoms with van der Waals surface area (Å²) in [6.45, 7) is 0.635. The van der Waals surface area contributed by atoms with Crippen molar-refractivity contribution in [1.82, 2.24) is 19.8 Å². The summed E-state index contributed by atoms with van der Waals surface area (Å²) in [5, 5.41) is 20.8. The molecule has 0 amide bonds. The number of alkyl halides is 3. The second-order valence-electron chi connectivity index (χ2n) is 8.12. The maximum absolute atomic E-state index is 13.1. The second-order valence-corrected chi connectivity index (χ2v) is 8.12. The molecular formula is C22H18F3N5O5. The Morgan fingerprint density at radius 3 is 2.66 bits per heavy atom. The lowest BCUT2D eigenvalue weighted by molar-refractivity contribution is -0.150. The molecular weight excluding hydrogens is 471 g/mol. The summed E-state index contributed by atoms with van der Waals surface area (Å²) in [7, 11) is 0. The first-order valence-electron chi connectivity index (χ1n) is 10.7. The van der Waals surface area contributed by atoms with Gasteiger partial charge in [-0.2, -0.15) is 17.7 Å². The van der Waals surface area contributed by atoms with Crippen molar-refractivity contribution >= 4 is 28.4 Å². The zero-order valence-corrected chi connectivity index (χ0v) is 18.0. The normalized spacial score (nSPS) is 15.1. The number of benzene rings is 1. The van der Waals surface area contributed by atoms with Crippen molar-refractivity contribution in [3.63, 3.8) is 0 Å². The molecule has 0 unspecified atom stereocenters. The first kappa shape index (κ1) is 22.6. The number of piperidine rings is 1. The molecule has 0 atom stereocenters. The standard InChI is InChI=1S/C22H18F3N5O5/c23-22(24,25)21-27-26-17-3-4-18(28-30(17)21)29-7-5-12(6-8-29)20(33)34-11-13-9-19(32)35-16-10-14(31)1-2-15(13)16/h1-4,9-10,12,31H,5-8,11H2. The lowest BCUT2D eigenvalue weighted by Gasteiger charge is -2.31. The molecule has 1 saturated heterocycles. The Morgan fingerprint density at radius 1 is 1.14 bits per heavy atom. The van der Waals surface area contributed by atoms with E-state index in [1.54, 1.807) is 17.0 Å². The number of anilines is 1. The SMILES string of the molecule is O=C(OCc1cc(=O)oc2cc(O)ccc12)C1CCN(c2ccc3nnc(C(F)(F)F)n3n2)CC1. The van der Waals surface area contributed by atoms with Gasteiger partial charge in [0.25, 0.3) is 5.82 Å². The van der Waals surface area contributed by atoms with E-state index >= 15 is 0 Å². The molecule has 0 bridgehead atoms. The quantitative estimate of drug-likeness (QED) is 0.340. The first-order valence-corrected chi connectivity index (χ1v) is 10.7. The van der Waals surface area contributed by atoms with Gasteiger partial charge in [0.2, 0.25) is 0 Å². The molecule has 0 radical (unpaired) electrons. The number of aromatic hydroxyl groups is 1. The van der Waals surface area contributed by atoms with E-state index in [1.807, 2.05) is 0 Å². The smallest absolute Gasteiger partial charge is 0.453 e. The van der Waals surface area contributed by atoms with Gasteiger partial charge in [0, 0.05) is 36.2 Å². The highest BCUT2D eigenvalue weighted by atomic mass is 19.4. The van der Waals surface area contributed by atoms with Crippen molar-refractivity contribution in [2.75, 3.05) is 18.0 Å². The number of phenolic OH excluding ortho intramolecular Hbond substituents is 1. The van der Waals surface area contributed by atoms with Gasteiger partial charge >= 0.3 is 17.8 Å². The summed E-state index contributed by atoms with van der Waals surface area (Å²) in [6.07, 6.45) is -3.86. The number of phenols is 1. The van der Waals surface area contributed by atoms with Crippen molar-refractivity contribution in [2.24, 2.45) is 5.92 Å². The van der Waals surface area contributed by atoms with Crippen LogP contribution in [0.4, 0.5) is 19.0 Å². The van der Waals surface area contributed by atoms with Crippen LogP contribution >= 0.6 is 0 Å². The number of carbonyl (C=O) groups excluding carboxylic acids is 1. The Labute approximate surface area is 194 Å². The molecule has 5 rings (SSSR count). The van der Waals surface area contributed by atoms with E-state index in [9.17, 15) is 27.9 Å². The monoisotopic (exact) mass is 489 g/mol. The number of aromatic nitrogens is 4. The molecule has 10 nitrogen and oxygen atoms in total. The van der Waals surface area contributed by atoms with Gasteiger partial charge in [-0.25, -0.2) is 4.79 Å². The van der Waals surface area contributed by atoms with E-state index < -0.39 is 29.5 Å². The molecule has 1 N–H and O–H groups in total. The third-order valence-electron chi connectivity index (χ3n) is 5.84. The maximum Gasteiger partial charge on any atom is 0.453 e. The summed E-state index contributed by atoms with van der Waals surface area (Å²) in [5.74, 6) is -1.79. The number of hydrogen-bond donors (Lipinski definition) is 1. The fourth-order valence-electron chi connectivity index (χ4n) is 4.07. The molecule has 3 aromatic heterocycles. The van der Waals surface area contributed by atoms with E-state index in [1.165, 1.54) is 24.3 Å². The zero-order chi connectivity index (χ0) is 24.7. The number of hydrogen-bond acceptors (Lipinski definition) is 9. The molecule has 0 saturated carbocycles. The summed E-state index contributed by atoms with van der Waals surface area (Å²) in [4.78, 5) is 26.2. The highest BCUT2D eigenvalue weighted by molar-refractivity contribution is 5.81. The van der Waals surface area contributed by atoms with Gasteiger partial charge in [-0.3, -0.25) is 4.79 Å². The summed E-state index contributed by atoms with van der Waals surface area (Å²) < 4.78 is 50.5. The Kier molecular flexibility index (Phi) is 5.53. The molecule has 4 heterocycles. The lowest BCUT2D eigenvalue weighted by Crippen LogP contribution is -2.37. The molecule has 35 heavy (non-hydrogen) atoms. The topological polar surface area (TPSA) is 123 Å². The Bertz CT molecular complexity index is 1470. The van der Waals surface area contributed by atoms with Crippen LogP contribution in [0.5, 0.6) is 5.75 Å². The van der Waals surface area contributed by atoms with E-state index in [2.05, 4.69) is 15.3 Å². The van der Waals surface area contributed by atoms with Crippen molar-refractivity contribution < 1.29 is 32.2 Å². The molecule has 1 aromatic carbocycles. The van der Waals surface area contributed by atoms with Crippen LogP contribution in [0.2, 0.25) is 0 Å². The van der Waals surface area contributed by atoms with Crippen LogP contribution in [0.1, 0.15) is 24.2 Å². The fraction of sp³-hybridized carbons (Fsp3) is 0.318. The molecule has 0 spiro atoms. The minimum Gasteiger partial charge on any atom is -0.508 e. The number of esters is 1. The number of rotatable bonds is 4. The fourth-order valence-corrected chi connectivity index (χ4v) is 4.07. The molecule has 182 valence electrons. The second kappa shape index (κ2) is 8.56. The minimum absolute atomic E-state index is 0.0165. The number of nitrogens with zero attached hydrogens (tertiary/aromatic N) is 5. The van der Waals surface area contributed by atoms with E-state index in [0.29, 0.717) is 47.2 Å². The molecule has 1 aliphatic heterocycles. The predicted molar refractivity (Wildman–Crippen MR) is 115 cm³/mol. The number of carbonyl (C=O) groups is 1. The van der Waals surface area contributed by atoms with Gasteiger partial charge in [-0.1, -0.05) is 0 Å². The first-order chi connectivity index (χ1) is 16.7. The summed E-state index contributed by atoms with van der Waals surface area (Å²) in [5.41, 5.74) is -0.0111. The zero-order valence-electron chi connectivity index (χ0n) is 18.0. The highest BCUT2D eigenvalue weighted by Crippen LogP contribution is 2.29. The van der Waals surface area contributed by atoms with Crippen LogP contribution in [-0.4, -0.2) is 44.0 Å². The van der Waals surface area contributed by atoms with Crippen LogP contribution in [-0.2, 0) is 22.3 Å². The lowest BCUT2D eigenvalue weighted by atomic mass is 9.97. The molecule has 1 aliphatic rings. The third kappa shape index (κ3) is 4.48. The van der Waals surface area contributed by atoms with E-state index in [4.69, 9.17) is 9.15 Å². The Hall–Kier alpha value is -4.16. The summed E-state index contributed by atoms with van der Waals surface area (Å²) >= 11 is 0. The van der Waals surface area contributed by atoms with Crippen molar-refractivity contribution in [3.8, 4) is 5.75 Å². The number of fused-ring (bicyclic) bond motifs is 2. The molecule has 0 aliphatic carbocycles. The van der Waals surface area contributed by atoms with Gasteiger partial charge in [0.05, 0.1) is 5.92 Å². The van der Waals surface area contributed by atoms with Gasteiger partial charge in [-0.05, 0) is 37.1 Å². The van der Waals surface area contributed by atoms with Crippen molar-refractivity contribution in [3.05, 3.63) is 58.2 Å². The van der Waals surface area contributed by atoms with Crippen LogP contribution in [0, 0.1) is 5.92 Å². The molecule has 4 aromatic rings. The minimum atomic E-state index is -4.69. The third-order valence-corrected chi connectivity index (χ3v) is 5.84. The van der Waals surface area contributed by atoms with E-state index in [-0.39, 0.29) is 23.6 Å². The largest absolute Gasteiger partial charge is 0.508 e. The van der Waals surface area contributed by atoms with Crippen molar-refractivity contribution in [2.45, 2.75) is 25.6 Å². The summed E-state index contributed by atoms with van der Waals surface area (Å²) in [6, 6.07) is 8.52.